The van der Waals surface area contributed by atoms with Gasteiger partial charge in [0.15, 0.2) is 0 Å². The van der Waals surface area contributed by atoms with Crippen molar-refractivity contribution in [3.63, 3.8) is 0 Å². The second-order valence-corrected chi connectivity index (χ2v) is 17.7. The lowest BCUT2D eigenvalue weighted by molar-refractivity contribution is -0.144. The van der Waals surface area contributed by atoms with Crippen molar-refractivity contribution in [3.05, 3.63) is 113 Å². The molecule has 2 aromatic carbocycles. The Kier molecular flexibility index (Phi) is 15.6. The smallest absolute Gasteiger partial charge is 0.415 e. The van der Waals surface area contributed by atoms with Gasteiger partial charge < -0.3 is 31.2 Å². The molecule has 5 N–H and O–H groups in total. The number of benzene rings is 2. The van der Waals surface area contributed by atoms with Crippen LogP contribution in [0.2, 0.25) is 0 Å². The van der Waals surface area contributed by atoms with Crippen molar-refractivity contribution in [1.29, 1.82) is 0 Å². The second kappa shape index (κ2) is 19.9. The van der Waals surface area contributed by atoms with E-state index >= 15 is 0 Å². The molecule has 0 bridgehead atoms. The SMILES string of the molecule is CC(C)(C)NCc1ccc(N)cc1.CC(C)(C)NCc1ccc(NC(=O)C2Cc3ccncc3C2)cc1.CCOC(=O)C1Cc2ccncc2N1C(=O)OC(C)(C)C. The third-order valence-corrected chi connectivity index (χ3v) is 9.18. The van der Waals surface area contributed by atoms with Crippen molar-refractivity contribution in [2.45, 2.75) is 124 Å². The van der Waals surface area contributed by atoms with Crippen LogP contribution in [0.15, 0.2) is 85.5 Å². The fraction of sp³-hybridized carbons (Fsp3) is 0.457. The summed E-state index contributed by atoms with van der Waals surface area (Å²) in [6, 6.07) is 19.1. The van der Waals surface area contributed by atoms with E-state index in [1.54, 1.807) is 52.4 Å². The Balaban J connectivity index is 0.000000201. The predicted octanol–water partition coefficient (Wildman–Crippen LogP) is 7.79. The summed E-state index contributed by atoms with van der Waals surface area (Å²) >= 11 is 0. The van der Waals surface area contributed by atoms with Gasteiger partial charge in [-0.2, -0.15) is 0 Å². The van der Waals surface area contributed by atoms with Crippen LogP contribution in [-0.2, 0) is 51.4 Å². The molecule has 58 heavy (non-hydrogen) atoms. The molecule has 6 rings (SSSR count). The molecule has 3 heterocycles. The topological polar surface area (TPSA) is 161 Å². The van der Waals surface area contributed by atoms with E-state index in [1.807, 2.05) is 48.7 Å². The Bertz CT molecular complexity index is 1940. The highest BCUT2D eigenvalue weighted by molar-refractivity contribution is 5.99. The minimum atomic E-state index is -0.695. The molecule has 2 aromatic heterocycles. The van der Waals surface area contributed by atoms with E-state index in [1.165, 1.54) is 27.2 Å². The number of ether oxygens (including phenoxy) is 2. The van der Waals surface area contributed by atoms with Gasteiger partial charge in [0.1, 0.15) is 11.6 Å². The van der Waals surface area contributed by atoms with E-state index in [0.717, 1.165) is 42.9 Å². The lowest BCUT2D eigenvalue weighted by atomic mass is 10.1. The quantitative estimate of drug-likeness (QED) is 0.102. The summed E-state index contributed by atoms with van der Waals surface area (Å²) in [5.74, 6) is -0.335. The maximum Gasteiger partial charge on any atom is 0.415 e. The second-order valence-electron chi connectivity index (χ2n) is 17.7. The maximum atomic E-state index is 12.5. The number of pyridine rings is 2. The van der Waals surface area contributed by atoms with Gasteiger partial charge in [-0.15, -0.1) is 0 Å². The molecule has 0 spiro atoms. The number of esters is 1. The van der Waals surface area contributed by atoms with E-state index in [4.69, 9.17) is 15.2 Å². The van der Waals surface area contributed by atoms with Crippen LogP contribution in [0.1, 0.15) is 97.1 Å². The molecule has 0 saturated carbocycles. The Labute approximate surface area is 344 Å². The van der Waals surface area contributed by atoms with Crippen LogP contribution in [0.3, 0.4) is 0 Å². The third-order valence-electron chi connectivity index (χ3n) is 9.18. The molecule has 1 aliphatic carbocycles. The summed E-state index contributed by atoms with van der Waals surface area (Å²) in [5.41, 5.74) is 13.3. The molecule has 2 atom stereocenters. The number of aromatic nitrogens is 2. The highest BCUT2D eigenvalue weighted by Gasteiger charge is 2.41. The van der Waals surface area contributed by atoms with Crippen LogP contribution >= 0.6 is 0 Å². The number of fused-ring (bicyclic) bond motifs is 2. The van der Waals surface area contributed by atoms with Crippen LogP contribution in [-0.4, -0.2) is 57.3 Å². The minimum absolute atomic E-state index is 0.00596. The fourth-order valence-corrected chi connectivity index (χ4v) is 6.18. The molecule has 4 aromatic rings. The number of anilines is 3. The lowest BCUT2D eigenvalue weighted by Gasteiger charge is -2.27. The molecule has 12 heteroatoms. The molecule has 0 saturated heterocycles. The van der Waals surface area contributed by atoms with Gasteiger partial charge in [-0.05, 0) is 146 Å². The molecule has 312 valence electrons. The summed E-state index contributed by atoms with van der Waals surface area (Å²) in [7, 11) is 0. The number of nitrogens with zero attached hydrogens (tertiary/aromatic N) is 3. The van der Waals surface area contributed by atoms with Gasteiger partial charge in [0, 0.05) is 66.5 Å². The average molecular weight is 794 g/mol. The minimum Gasteiger partial charge on any atom is -0.464 e. The molecular weight excluding hydrogens is 731 g/mol. The van der Waals surface area contributed by atoms with Crippen molar-refractivity contribution in [2.24, 2.45) is 5.92 Å². The average Bonchev–Trinajstić information content (AvgIpc) is 3.77. The highest BCUT2D eigenvalue weighted by atomic mass is 16.6. The number of hydrogen-bond acceptors (Lipinski definition) is 10. The standard InChI is InChI=1S/C20H25N3O.C15H20N2O4.C11H18N2/c1-20(2,3)22-12-14-4-6-18(7-5-14)23-19(24)16-10-15-8-9-21-13-17(15)11-16;1-5-20-13(18)11-8-10-6-7-16-9-12(10)17(11)14(19)21-15(2,3)4;1-11(2,3)13-8-9-4-6-10(12)7-5-9/h4-9,13,16,22H,10-12H2,1-3H3,(H,23,24);6-7,9,11H,5,8H2,1-4H3;4-7,13H,8,12H2,1-3H3. The number of carbonyl (C=O) groups is 3. The Morgan fingerprint density at radius 2 is 1.26 bits per heavy atom. The Morgan fingerprint density at radius 1 is 0.724 bits per heavy atom. The molecule has 12 nitrogen and oxygen atoms in total. The Morgan fingerprint density at radius 3 is 1.79 bits per heavy atom. The number of nitrogen functional groups attached to an aromatic ring is 1. The number of nitrogens with two attached hydrogens (primary N) is 1. The maximum absolute atomic E-state index is 12.5. The van der Waals surface area contributed by atoms with Gasteiger partial charge in [-0.3, -0.25) is 19.7 Å². The van der Waals surface area contributed by atoms with Crippen molar-refractivity contribution < 1.29 is 23.9 Å². The Hall–Kier alpha value is -5.33. The van der Waals surface area contributed by atoms with Crippen molar-refractivity contribution in [3.8, 4) is 0 Å². The number of carbonyl (C=O) groups excluding carboxylic acids is 3. The van der Waals surface area contributed by atoms with Gasteiger partial charge in [0.25, 0.3) is 0 Å². The molecular formula is C46H63N7O5. The lowest BCUT2D eigenvalue weighted by Crippen LogP contribution is -2.46. The van der Waals surface area contributed by atoms with Gasteiger partial charge in [0.2, 0.25) is 5.91 Å². The van der Waals surface area contributed by atoms with E-state index < -0.39 is 23.7 Å². The molecule has 2 unspecified atom stereocenters. The van der Waals surface area contributed by atoms with Crippen LogP contribution in [0.25, 0.3) is 0 Å². The van der Waals surface area contributed by atoms with E-state index in [2.05, 4.69) is 79.6 Å². The summed E-state index contributed by atoms with van der Waals surface area (Å²) in [6.07, 6.45) is 8.31. The molecule has 1 aliphatic heterocycles. The highest BCUT2D eigenvalue weighted by Crippen LogP contribution is 2.33. The summed E-state index contributed by atoms with van der Waals surface area (Å²) in [6.45, 7) is 22.0. The number of amides is 2. The zero-order valence-electron chi connectivity index (χ0n) is 35.9. The zero-order valence-corrected chi connectivity index (χ0v) is 35.9. The zero-order chi connectivity index (χ0) is 42.7. The van der Waals surface area contributed by atoms with Crippen LogP contribution in [0.4, 0.5) is 21.9 Å². The van der Waals surface area contributed by atoms with E-state index in [9.17, 15) is 14.4 Å². The first-order valence-corrected chi connectivity index (χ1v) is 20.0. The molecule has 2 aliphatic rings. The number of hydrogen-bond donors (Lipinski definition) is 4. The van der Waals surface area contributed by atoms with Crippen molar-refractivity contribution >= 4 is 35.0 Å². The summed E-state index contributed by atoms with van der Waals surface area (Å²) < 4.78 is 10.4. The number of rotatable bonds is 8. The number of nitrogens with one attached hydrogen (secondary N) is 3. The summed E-state index contributed by atoms with van der Waals surface area (Å²) in [4.78, 5) is 46.5. The first-order chi connectivity index (χ1) is 27.2. The largest absolute Gasteiger partial charge is 0.464 e. The predicted molar refractivity (Wildman–Crippen MR) is 231 cm³/mol. The van der Waals surface area contributed by atoms with E-state index in [-0.39, 0.29) is 29.5 Å². The fourth-order valence-electron chi connectivity index (χ4n) is 6.18. The van der Waals surface area contributed by atoms with E-state index in [0.29, 0.717) is 12.1 Å². The van der Waals surface area contributed by atoms with Crippen LogP contribution in [0.5, 0.6) is 0 Å². The summed E-state index contributed by atoms with van der Waals surface area (Å²) in [5, 5.41) is 9.92. The molecule has 0 fully saturated rings. The van der Waals surface area contributed by atoms with Gasteiger partial charge >= 0.3 is 12.1 Å². The first kappa shape index (κ1) is 45.4. The van der Waals surface area contributed by atoms with Gasteiger partial charge in [0.05, 0.1) is 18.5 Å². The van der Waals surface area contributed by atoms with Gasteiger partial charge in [-0.25, -0.2) is 9.59 Å². The van der Waals surface area contributed by atoms with Crippen LogP contribution in [0, 0.1) is 5.92 Å². The molecule has 2 amide bonds. The van der Waals surface area contributed by atoms with Crippen LogP contribution < -0.4 is 26.6 Å². The molecule has 0 radical (unpaired) electrons. The first-order valence-electron chi connectivity index (χ1n) is 20.0. The van der Waals surface area contributed by atoms with Crippen molar-refractivity contribution in [2.75, 3.05) is 22.6 Å². The normalized spacial score (nSPS) is 15.8. The third kappa shape index (κ3) is 14.6. The van der Waals surface area contributed by atoms with Crippen molar-refractivity contribution in [1.82, 2.24) is 20.6 Å². The monoisotopic (exact) mass is 793 g/mol. The van der Waals surface area contributed by atoms with Gasteiger partial charge in [-0.1, -0.05) is 24.3 Å².